The number of ether oxygens (including phenoxy) is 1. The van der Waals surface area contributed by atoms with Crippen LogP contribution in [-0.4, -0.2) is 23.9 Å². The average molecular weight is 375 g/mol. The van der Waals surface area contributed by atoms with Gasteiger partial charge < -0.3 is 15.4 Å². The standard InChI is InChI=1S/C22H21N3O3/c1-28-15-17-6-2-5-16(11-17)13-24-21(26)18-7-3-9-20(12-18)25-22(27)19-8-4-10-23-14-19/h2-12,14H,13,15H2,1H3,(H,24,26)(H,25,27). The molecule has 0 aliphatic carbocycles. The maximum atomic E-state index is 12.5. The fraction of sp³-hybridized carbons (Fsp3) is 0.136. The second kappa shape index (κ2) is 9.43. The minimum atomic E-state index is -0.277. The minimum absolute atomic E-state index is 0.213. The highest BCUT2D eigenvalue weighted by Gasteiger charge is 2.09. The number of amides is 2. The molecule has 3 rings (SSSR count). The molecule has 1 heterocycles. The third-order valence-corrected chi connectivity index (χ3v) is 4.06. The van der Waals surface area contributed by atoms with E-state index in [-0.39, 0.29) is 11.8 Å². The molecular weight excluding hydrogens is 354 g/mol. The van der Waals surface area contributed by atoms with E-state index >= 15 is 0 Å². The highest BCUT2D eigenvalue weighted by atomic mass is 16.5. The van der Waals surface area contributed by atoms with Crippen LogP contribution in [0.25, 0.3) is 0 Å². The van der Waals surface area contributed by atoms with Gasteiger partial charge in [0, 0.05) is 37.3 Å². The van der Waals surface area contributed by atoms with E-state index in [1.54, 1.807) is 49.7 Å². The molecule has 0 bridgehead atoms. The molecular formula is C22H21N3O3. The highest BCUT2D eigenvalue weighted by Crippen LogP contribution is 2.13. The molecule has 0 unspecified atom stereocenters. The normalized spacial score (nSPS) is 10.3. The molecule has 0 saturated heterocycles. The predicted molar refractivity (Wildman–Crippen MR) is 107 cm³/mol. The van der Waals surface area contributed by atoms with Crippen LogP contribution in [0.1, 0.15) is 31.8 Å². The summed E-state index contributed by atoms with van der Waals surface area (Å²) in [4.78, 5) is 28.6. The van der Waals surface area contributed by atoms with Crippen LogP contribution in [0.2, 0.25) is 0 Å². The number of anilines is 1. The molecule has 142 valence electrons. The predicted octanol–water partition coefficient (Wildman–Crippen LogP) is 3.41. The lowest BCUT2D eigenvalue weighted by molar-refractivity contribution is 0.0949. The van der Waals surface area contributed by atoms with Gasteiger partial charge in [0.1, 0.15) is 0 Å². The monoisotopic (exact) mass is 375 g/mol. The van der Waals surface area contributed by atoms with Gasteiger partial charge in [-0.1, -0.05) is 30.3 Å². The number of carbonyl (C=O) groups excluding carboxylic acids is 2. The molecule has 28 heavy (non-hydrogen) atoms. The van der Waals surface area contributed by atoms with Crippen LogP contribution in [-0.2, 0) is 17.9 Å². The van der Waals surface area contributed by atoms with Crippen molar-refractivity contribution < 1.29 is 14.3 Å². The molecule has 2 N–H and O–H groups in total. The summed E-state index contributed by atoms with van der Waals surface area (Å²) in [5.74, 6) is -0.491. The topological polar surface area (TPSA) is 80.3 Å². The van der Waals surface area contributed by atoms with E-state index in [9.17, 15) is 9.59 Å². The van der Waals surface area contributed by atoms with Gasteiger partial charge in [-0.05, 0) is 41.5 Å². The van der Waals surface area contributed by atoms with Gasteiger partial charge in [-0.3, -0.25) is 14.6 Å². The SMILES string of the molecule is COCc1cccc(CNC(=O)c2cccc(NC(=O)c3cccnc3)c2)c1. The van der Waals surface area contributed by atoms with Crippen LogP contribution in [0.15, 0.2) is 73.1 Å². The first kappa shape index (κ1) is 19.3. The lowest BCUT2D eigenvalue weighted by Gasteiger charge is -2.09. The number of hydrogen-bond acceptors (Lipinski definition) is 4. The van der Waals surface area contributed by atoms with Gasteiger partial charge in [0.2, 0.25) is 0 Å². The molecule has 0 fully saturated rings. The summed E-state index contributed by atoms with van der Waals surface area (Å²) in [7, 11) is 1.65. The summed E-state index contributed by atoms with van der Waals surface area (Å²) in [6.45, 7) is 0.934. The van der Waals surface area contributed by atoms with Crippen molar-refractivity contribution in [2.75, 3.05) is 12.4 Å². The van der Waals surface area contributed by atoms with E-state index in [1.165, 1.54) is 6.20 Å². The molecule has 3 aromatic rings. The highest BCUT2D eigenvalue weighted by molar-refractivity contribution is 6.04. The van der Waals surface area contributed by atoms with Gasteiger partial charge in [-0.25, -0.2) is 0 Å². The number of nitrogens with zero attached hydrogens (tertiary/aromatic N) is 1. The van der Waals surface area contributed by atoms with Crippen molar-refractivity contribution in [3.63, 3.8) is 0 Å². The average Bonchev–Trinajstić information content (AvgIpc) is 2.73. The van der Waals surface area contributed by atoms with Crippen molar-refractivity contribution >= 4 is 17.5 Å². The van der Waals surface area contributed by atoms with Gasteiger partial charge in [-0.15, -0.1) is 0 Å². The molecule has 0 aliphatic heterocycles. The Balaban J connectivity index is 1.62. The summed E-state index contributed by atoms with van der Waals surface area (Å²) in [5.41, 5.74) is 3.51. The zero-order chi connectivity index (χ0) is 19.8. The van der Waals surface area contributed by atoms with Gasteiger partial charge in [0.25, 0.3) is 11.8 Å². The Morgan fingerprint density at radius 2 is 1.71 bits per heavy atom. The zero-order valence-electron chi connectivity index (χ0n) is 15.5. The summed E-state index contributed by atoms with van der Waals surface area (Å²) in [6.07, 6.45) is 3.09. The molecule has 2 amide bonds. The fourth-order valence-electron chi connectivity index (χ4n) is 2.72. The number of pyridine rings is 1. The minimum Gasteiger partial charge on any atom is -0.380 e. The fourth-order valence-corrected chi connectivity index (χ4v) is 2.72. The molecule has 0 atom stereocenters. The summed E-state index contributed by atoms with van der Waals surface area (Å²) < 4.78 is 5.13. The van der Waals surface area contributed by atoms with Crippen molar-refractivity contribution in [2.45, 2.75) is 13.2 Å². The second-order valence-corrected chi connectivity index (χ2v) is 6.21. The number of carbonyl (C=O) groups is 2. The molecule has 2 aromatic carbocycles. The van der Waals surface area contributed by atoms with Crippen LogP contribution >= 0.6 is 0 Å². The third kappa shape index (κ3) is 5.25. The first-order valence-electron chi connectivity index (χ1n) is 8.82. The number of benzene rings is 2. The van der Waals surface area contributed by atoms with E-state index in [0.29, 0.717) is 30.0 Å². The Labute approximate surface area is 163 Å². The number of nitrogens with one attached hydrogen (secondary N) is 2. The second-order valence-electron chi connectivity index (χ2n) is 6.21. The van der Waals surface area contributed by atoms with Gasteiger partial charge >= 0.3 is 0 Å². The maximum absolute atomic E-state index is 12.5. The lowest BCUT2D eigenvalue weighted by atomic mass is 10.1. The Hall–Kier alpha value is -3.51. The molecule has 0 radical (unpaired) electrons. The Kier molecular flexibility index (Phi) is 6.49. The van der Waals surface area contributed by atoms with E-state index in [4.69, 9.17) is 4.74 Å². The van der Waals surface area contributed by atoms with Crippen LogP contribution in [0.4, 0.5) is 5.69 Å². The van der Waals surface area contributed by atoms with Crippen molar-refractivity contribution in [3.8, 4) is 0 Å². The Morgan fingerprint density at radius 3 is 2.50 bits per heavy atom. The molecule has 1 aromatic heterocycles. The van der Waals surface area contributed by atoms with E-state index in [2.05, 4.69) is 15.6 Å². The number of aromatic nitrogens is 1. The molecule has 6 heteroatoms. The molecule has 6 nitrogen and oxygen atoms in total. The molecule has 0 aliphatic rings. The Bertz CT molecular complexity index is 958. The van der Waals surface area contributed by atoms with E-state index in [0.717, 1.165) is 11.1 Å². The van der Waals surface area contributed by atoms with Crippen LogP contribution in [0.3, 0.4) is 0 Å². The molecule has 0 saturated carbocycles. The zero-order valence-corrected chi connectivity index (χ0v) is 15.5. The van der Waals surface area contributed by atoms with Crippen molar-refractivity contribution in [2.24, 2.45) is 0 Å². The lowest BCUT2D eigenvalue weighted by Crippen LogP contribution is -2.23. The maximum Gasteiger partial charge on any atom is 0.257 e. The number of rotatable bonds is 7. The van der Waals surface area contributed by atoms with E-state index in [1.807, 2.05) is 24.3 Å². The largest absolute Gasteiger partial charge is 0.380 e. The summed E-state index contributed by atoms with van der Waals surface area (Å²) in [6, 6.07) is 18.0. The number of hydrogen-bond donors (Lipinski definition) is 2. The van der Waals surface area contributed by atoms with Crippen molar-refractivity contribution in [1.82, 2.24) is 10.3 Å². The van der Waals surface area contributed by atoms with Gasteiger partial charge in [0.15, 0.2) is 0 Å². The van der Waals surface area contributed by atoms with Gasteiger partial charge in [-0.2, -0.15) is 0 Å². The Morgan fingerprint density at radius 1 is 0.929 bits per heavy atom. The quantitative estimate of drug-likeness (QED) is 0.663. The smallest absolute Gasteiger partial charge is 0.257 e. The summed E-state index contributed by atoms with van der Waals surface area (Å²) >= 11 is 0. The number of methoxy groups -OCH3 is 1. The third-order valence-electron chi connectivity index (χ3n) is 4.06. The first-order valence-corrected chi connectivity index (χ1v) is 8.82. The first-order chi connectivity index (χ1) is 13.7. The van der Waals surface area contributed by atoms with E-state index < -0.39 is 0 Å². The summed E-state index contributed by atoms with van der Waals surface area (Å²) in [5, 5.41) is 5.67. The van der Waals surface area contributed by atoms with Crippen molar-refractivity contribution in [3.05, 3.63) is 95.3 Å². The van der Waals surface area contributed by atoms with Crippen LogP contribution < -0.4 is 10.6 Å². The molecule has 0 spiro atoms. The van der Waals surface area contributed by atoms with Crippen molar-refractivity contribution in [1.29, 1.82) is 0 Å². The van der Waals surface area contributed by atoms with Crippen LogP contribution in [0, 0.1) is 0 Å². The van der Waals surface area contributed by atoms with Crippen LogP contribution in [0.5, 0.6) is 0 Å². The van der Waals surface area contributed by atoms with Gasteiger partial charge in [0.05, 0.1) is 12.2 Å².